The average Bonchev–Trinajstić information content (AvgIpc) is 2.47. The number of amides is 1. The molecule has 0 aromatic heterocycles. The van der Waals surface area contributed by atoms with Crippen LogP contribution < -0.4 is 11.1 Å². The molecule has 1 heterocycles. The lowest BCUT2D eigenvalue weighted by molar-refractivity contribution is -0.119. The van der Waals surface area contributed by atoms with Crippen molar-refractivity contribution in [2.24, 2.45) is 11.7 Å². The van der Waals surface area contributed by atoms with Gasteiger partial charge in [0.1, 0.15) is 0 Å². The van der Waals surface area contributed by atoms with E-state index in [1.54, 1.807) is 0 Å². The quantitative estimate of drug-likeness (QED) is 0.841. The summed E-state index contributed by atoms with van der Waals surface area (Å²) in [5, 5.41) is 2.93. The molecular weight excluding hydrogens is 341 g/mol. The van der Waals surface area contributed by atoms with Crippen molar-refractivity contribution in [3.05, 3.63) is 29.8 Å². The molecule has 126 valence electrons. The van der Waals surface area contributed by atoms with E-state index in [1.807, 2.05) is 30.8 Å². The van der Waals surface area contributed by atoms with E-state index >= 15 is 0 Å². The van der Waals surface area contributed by atoms with E-state index in [4.69, 9.17) is 5.73 Å². The number of nitrogens with one attached hydrogen (secondary N) is 1. The molecule has 1 amide bonds. The zero-order chi connectivity index (χ0) is 14.4. The van der Waals surface area contributed by atoms with Crippen molar-refractivity contribution >= 4 is 48.2 Å². The number of thioether (sulfide) groups is 1. The number of hydrogen-bond acceptors (Lipinski definition) is 4. The molecule has 7 heteroatoms. The Balaban J connectivity index is 0.00000220. The van der Waals surface area contributed by atoms with E-state index in [-0.39, 0.29) is 36.6 Å². The standard InChI is InChI=1S/C15H23N3OS.2ClH/c1-12(10-16)15(19)17-14-4-2-3-13(9-14)11-18-5-7-20-8-6-18;;/h2-4,9,12H,5-8,10-11,16H2,1H3,(H,17,19);2*1H. The van der Waals surface area contributed by atoms with Crippen molar-refractivity contribution in [3.8, 4) is 0 Å². The normalized spacial score (nSPS) is 16.1. The Morgan fingerprint density at radius 1 is 1.36 bits per heavy atom. The molecule has 0 saturated carbocycles. The lowest BCUT2D eigenvalue weighted by Gasteiger charge is -2.26. The number of hydrogen-bond donors (Lipinski definition) is 2. The summed E-state index contributed by atoms with van der Waals surface area (Å²) in [5.74, 6) is 2.26. The van der Waals surface area contributed by atoms with Crippen molar-refractivity contribution < 1.29 is 4.79 Å². The minimum atomic E-state index is -0.155. The SMILES string of the molecule is CC(CN)C(=O)Nc1cccc(CN2CCSCC2)c1.Cl.Cl. The van der Waals surface area contributed by atoms with E-state index in [9.17, 15) is 4.79 Å². The predicted octanol–water partition coefficient (Wildman–Crippen LogP) is 2.61. The van der Waals surface area contributed by atoms with Crippen molar-refractivity contribution in [2.75, 3.05) is 36.5 Å². The molecule has 1 saturated heterocycles. The molecule has 4 nitrogen and oxygen atoms in total. The topological polar surface area (TPSA) is 58.4 Å². The summed E-state index contributed by atoms with van der Waals surface area (Å²) >= 11 is 2.02. The first kappa shape index (κ1) is 21.5. The van der Waals surface area contributed by atoms with Crippen molar-refractivity contribution in [2.45, 2.75) is 13.5 Å². The molecule has 3 N–H and O–H groups in total. The fraction of sp³-hybridized carbons (Fsp3) is 0.533. The fourth-order valence-corrected chi connectivity index (χ4v) is 3.12. The number of benzene rings is 1. The van der Waals surface area contributed by atoms with Crippen LogP contribution in [0.15, 0.2) is 24.3 Å². The van der Waals surface area contributed by atoms with Crippen LogP contribution in [0.25, 0.3) is 0 Å². The summed E-state index contributed by atoms with van der Waals surface area (Å²) in [4.78, 5) is 14.3. The van der Waals surface area contributed by atoms with Gasteiger partial charge in [0.05, 0.1) is 0 Å². The zero-order valence-corrected chi connectivity index (χ0v) is 15.2. The summed E-state index contributed by atoms with van der Waals surface area (Å²) in [6.07, 6.45) is 0. The molecule has 1 atom stereocenters. The van der Waals surface area contributed by atoms with Gasteiger partial charge in [-0.15, -0.1) is 24.8 Å². The van der Waals surface area contributed by atoms with Gasteiger partial charge in [-0.1, -0.05) is 19.1 Å². The van der Waals surface area contributed by atoms with Gasteiger partial charge in [-0.05, 0) is 17.7 Å². The highest BCUT2D eigenvalue weighted by Crippen LogP contribution is 2.16. The summed E-state index contributed by atoms with van der Waals surface area (Å²) in [5.41, 5.74) is 7.62. The van der Waals surface area contributed by atoms with Crippen LogP contribution in [0, 0.1) is 5.92 Å². The number of nitrogens with zero attached hydrogens (tertiary/aromatic N) is 1. The van der Waals surface area contributed by atoms with E-state index in [0.29, 0.717) is 6.54 Å². The smallest absolute Gasteiger partial charge is 0.228 e. The van der Waals surface area contributed by atoms with E-state index in [0.717, 1.165) is 25.3 Å². The molecule has 0 aliphatic carbocycles. The van der Waals surface area contributed by atoms with E-state index < -0.39 is 0 Å². The summed E-state index contributed by atoms with van der Waals surface area (Å²) in [7, 11) is 0. The minimum Gasteiger partial charge on any atom is -0.330 e. The Labute approximate surface area is 149 Å². The Bertz CT molecular complexity index is 456. The summed E-state index contributed by atoms with van der Waals surface area (Å²) < 4.78 is 0. The predicted molar refractivity (Wildman–Crippen MR) is 100 cm³/mol. The second-order valence-electron chi connectivity index (χ2n) is 5.21. The van der Waals surface area contributed by atoms with Crippen LogP contribution >= 0.6 is 36.6 Å². The number of anilines is 1. The third kappa shape index (κ3) is 6.75. The molecule has 1 aliphatic heterocycles. The van der Waals surface area contributed by atoms with Gasteiger partial charge in [0.2, 0.25) is 5.91 Å². The van der Waals surface area contributed by atoms with Crippen molar-refractivity contribution in [3.63, 3.8) is 0 Å². The average molecular weight is 366 g/mol. The molecule has 1 unspecified atom stereocenters. The molecule has 1 aliphatic rings. The molecule has 22 heavy (non-hydrogen) atoms. The van der Waals surface area contributed by atoms with E-state index in [1.165, 1.54) is 17.1 Å². The Morgan fingerprint density at radius 2 is 2.05 bits per heavy atom. The molecule has 2 rings (SSSR count). The first-order chi connectivity index (χ1) is 9.69. The Hall–Kier alpha value is -0.460. The fourth-order valence-electron chi connectivity index (χ4n) is 2.14. The molecule has 1 aromatic carbocycles. The second kappa shape index (κ2) is 11.1. The van der Waals surface area contributed by atoms with Crippen LogP contribution in [-0.4, -0.2) is 41.9 Å². The van der Waals surface area contributed by atoms with Crippen LogP contribution in [0.3, 0.4) is 0 Å². The van der Waals surface area contributed by atoms with Crippen LogP contribution in [0.2, 0.25) is 0 Å². The third-order valence-corrected chi connectivity index (χ3v) is 4.45. The third-order valence-electron chi connectivity index (χ3n) is 3.51. The van der Waals surface area contributed by atoms with Gasteiger partial charge in [0, 0.05) is 49.3 Å². The van der Waals surface area contributed by atoms with Crippen LogP contribution in [0.5, 0.6) is 0 Å². The van der Waals surface area contributed by atoms with Gasteiger partial charge in [-0.25, -0.2) is 0 Å². The number of halogens is 2. The number of nitrogens with two attached hydrogens (primary N) is 1. The highest BCUT2D eigenvalue weighted by Gasteiger charge is 2.13. The van der Waals surface area contributed by atoms with Crippen molar-refractivity contribution in [1.29, 1.82) is 0 Å². The first-order valence-electron chi connectivity index (χ1n) is 7.09. The molecule has 0 spiro atoms. The van der Waals surface area contributed by atoms with Gasteiger partial charge >= 0.3 is 0 Å². The highest BCUT2D eigenvalue weighted by molar-refractivity contribution is 7.99. The van der Waals surface area contributed by atoms with Gasteiger partial charge in [-0.3, -0.25) is 9.69 Å². The molecular formula is C15H25Cl2N3OS. The van der Waals surface area contributed by atoms with Gasteiger partial charge in [0.25, 0.3) is 0 Å². The molecule has 1 aromatic rings. The number of rotatable bonds is 5. The van der Waals surface area contributed by atoms with Crippen molar-refractivity contribution in [1.82, 2.24) is 4.90 Å². The summed E-state index contributed by atoms with van der Waals surface area (Å²) in [6, 6.07) is 8.10. The molecule has 0 bridgehead atoms. The van der Waals surface area contributed by atoms with Crippen LogP contribution in [-0.2, 0) is 11.3 Å². The first-order valence-corrected chi connectivity index (χ1v) is 8.24. The lowest BCUT2D eigenvalue weighted by atomic mass is 10.1. The monoisotopic (exact) mass is 365 g/mol. The molecule has 1 fully saturated rings. The highest BCUT2D eigenvalue weighted by atomic mass is 35.5. The number of carbonyl (C=O) groups is 1. The van der Waals surface area contributed by atoms with Gasteiger partial charge in [0.15, 0.2) is 0 Å². The maximum absolute atomic E-state index is 11.8. The summed E-state index contributed by atoms with van der Waals surface area (Å²) in [6.45, 7) is 5.45. The number of carbonyl (C=O) groups excluding carboxylic acids is 1. The second-order valence-corrected chi connectivity index (χ2v) is 6.44. The zero-order valence-electron chi connectivity index (χ0n) is 12.8. The Morgan fingerprint density at radius 3 is 2.68 bits per heavy atom. The van der Waals surface area contributed by atoms with E-state index in [2.05, 4.69) is 22.3 Å². The largest absolute Gasteiger partial charge is 0.330 e. The maximum atomic E-state index is 11.8. The van der Waals surface area contributed by atoms with Crippen LogP contribution in [0.1, 0.15) is 12.5 Å². The molecule has 0 radical (unpaired) electrons. The Kier molecular flexibility index (Phi) is 10.9. The van der Waals surface area contributed by atoms with Crippen LogP contribution in [0.4, 0.5) is 5.69 Å². The minimum absolute atomic E-state index is 0. The lowest BCUT2D eigenvalue weighted by Crippen LogP contribution is -2.32. The van der Waals surface area contributed by atoms with Gasteiger partial charge < -0.3 is 11.1 Å². The van der Waals surface area contributed by atoms with Gasteiger partial charge in [-0.2, -0.15) is 11.8 Å². The maximum Gasteiger partial charge on any atom is 0.228 e.